The highest BCUT2D eigenvalue weighted by Gasteiger charge is 2.40. The summed E-state index contributed by atoms with van der Waals surface area (Å²) in [5.74, 6) is 1.09. The van der Waals surface area contributed by atoms with E-state index in [0.29, 0.717) is 19.4 Å². The van der Waals surface area contributed by atoms with Gasteiger partial charge in [0.2, 0.25) is 5.91 Å². The van der Waals surface area contributed by atoms with Gasteiger partial charge >= 0.3 is 5.97 Å². The van der Waals surface area contributed by atoms with Gasteiger partial charge < -0.3 is 10.4 Å². The summed E-state index contributed by atoms with van der Waals surface area (Å²) in [5, 5.41) is 14.6. The molecule has 5 nitrogen and oxygen atoms in total. The Hall–Kier alpha value is -1.54. The quantitative estimate of drug-likeness (QED) is 0.469. The summed E-state index contributed by atoms with van der Waals surface area (Å²) in [6, 6.07) is 0. The number of amides is 1. The van der Waals surface area contributed by atoms with Gasteiger partial charge in [0.25, 0.3) is 0 Å². The third kappa shape index (κ3) is 3.75. The summed E-state index contributed by atoms with van der Waals surface area (Å²) in [7, 11) is 0. The lowest BCUT2D eigenvalue weighted by Crippen LogP contribution is -2.57. The van der Waals surface area contributed by atoms with E-state index >= 15 is 0 Å². The average molecular weight is 238 g/mol. The van der Waals surface area contributed by atoms with Crippen molar-refractivity contribution < 1.29 is 14.7 Å². The molecule has 1 fully saturated rings. The van der Waals surface area contributed by atoms with E-state index in [9.17, 15) is 14.7 Å². The molecule has 1 aliphatic carbocycles. The Morgan fingerprint density at radius 1 is 1.29 bits per heavy atom. The molecule has 1 aliphatic rings. The number of carbonyl (C=O) groups excluding carboxylic acids is 1. The van der Waals surface area contributed by atoms with Crippen molar-refractivity contribution in [2.24, 2.45) is 0 Å². The minimum atomic E-state index is -1.08. The van der Waals surface area contributed by atoms with Gasteiger partial charge in [-0.15, -0.1) is 6.42 Å². The summed E-state index contributed by atoms with van der Waals surface area (Å²) >= 11 is 0. The maximum Gasteiger partial charge on any atom is 0.329 e. The van der Waals surface area contributed by atoms with Gasteiger partial charge in [-0.1, -0.05) is 25.2 Å². The molecule has 3 N–H and O–H groups in total. The van der Waals surface area contributed by atoms with Gasteiger partial charge in [0, 0.05) is 0 Å². The minimum Gasteiger partial charge on any atom is -0.480 e. The van der Waals surface area contributed by atoms with Gasteiger partial charge in [0.1, 0.15) is 5.54 Å². The van der Waals surface area contributed by atoms with Crippen LogP contribution < -0.4 is 10.6 Å². The Balaban J connectivity index is 2.52. The lowest BCUT2D eigenvalue weighted by molar-refractivity contribution is -0.149. The van der Waals surface area contributed by atoms with E-state index < -0.39 is 11.5 Å². The second kappa shape index (κ2) is 6.26. The molecule has 0 heterocycles. The van der Waals surface area contributed by atoms with Crippen LogP contribution in [0.5, 0.6) is 0 Å². The molecule has 0 atom stereocenters. The number of carboxylic acid groups (broad SMARTS) is 1. The first-order chi connectivity index (χ1) is 8.10. The van der Waals surface area contributed by atoms with Crippen molar-refractivity contribution in [3.05, 3.63) is 0 Å². The molecule has 0 aromatic carbocycles. The van der Waals surface area contributed by atoms with Gasteiger partial charge in [0.15, 0.2) is 0 Å². The number of nitrogens with one attached hydrogen (secondary N) is 2. The number of hydrogen-bond acceptors (Lipinski definition) is 3. The van der Waals surface area contributed by atoms with Gasteiger partial charge in [-0.3, -0.25) is 10.1 Å². The number of terminal acetylenes is 1. The van der Waals surface area contributed by atoms with Crippen LogP contribution in [-0.4, -0.2) is 35.6 Å². The molecule has 0 spiro atoms. The Bertz CT molecular complexity index is 327. The normalized spacial score (nSPS) is 18.1. The lowest BCUT2D eigenvalue weighted by Gasteiger charge is -2.33. The predicted octanol–water partition coefficient (Wildman–Crippen LogP) is 0.113. The fourth-order valence-corrected chi connectivity index (χ4v) is 2.11. The van der Waals surface area contributed by atoms with Crippen LogP contribution in [-0.2, 0) is 9.59 Å². The van der Waals surface area contributed by atoms with Crippen molar-refractivity contribution in [3.8, 4) is 12.3 Å². The highest BCUT2D eigenvalue weighted by Crippen LogP contribution is 2.28. The van der Waals surface area contributed by atoms with Crippen molar-refractivity contribution in [2.75, 3.05) is 13.1 Å². The average Bonchev–Trinajstić information content (AvgIpc) is 2.30. The smallest absolute Gasteiger partial charge is 0.329 e. The Kier molecular flexibility index (Phi) is 4.98. The second-order valence-corrected chi connectivity index (χ2v) is 4.30. The van der Waals surface area contributed by atoms with Gasteiger partial charge in [-0.2, -0.15) is 0 Å². The summed E-state index contributed by atoms with van der Waals surface area (Å²) in [5.41, 5.74) is -1.08. The van der Waals surface area contributed by atoms with Crippen LogP contribution in [0.1, 0.15) is 32.1 Å². The maximum absolute atomic E-state index is 11.6. The minimum absolute atomic E-state index is 0.0548. The van der Waals surface area contributed by atoms with Crippen LogP contribution in [0.15, 0.2) is 0 Å². The molecule has 0 bridgehead atoms. The van der Waals surface area contributed by atoms with Crippen molar-refractivity contribution in [1.29, 1.82) is 0 Å². The third-order valence-corrected chi connectivity index (χ3v) is 3.01. The van der Waals surface area contributed by atoms with Crippen LogP contribution in [0, 0.1) is 12.3 Å². The molecule has 5 heteroatoms. The van der Waals surface area contributed by atoms with Crippen LogP contribution in [0.4, 0.5) is 0 Å². The van der Waals surface area contributed by atoms with Crippen molar-refractivity contribution in [2.45, 2.75) is 37.6 Å². The van der Waals surface area contributed by atoms with Gasteiger partial charge in [0.05, 0.1) is 13.1 Å². The molecule has 0 aromatic rings. The zero-order valence-electron chi connectivity index (χ0n) is 9.79. The third-order valence-electron chi connectivity index (χ3n) is 3.01. The Morgan fingerprint density at radius 2 is 1.94 bits per heavy atom. The van der Waals surface area contributed by atoms with Crippen LogP contribution in [0.3, 0.4) is 0 Å². The second-order valence-electron chi connectivity index (χ2n) is 4.30. The SMILES string of the molecule is C#CCNCC(=O)NC1(C(=O)O)CCCCC1. The molecular weight excluding hydrogens is 220 g/mol. The zero-order chi connectivity index (χ0) is 12.7. The van der Waals surface area contributed by atoms with Gasteiger partial charge in [-0.25, -0.2) is 4.79 Å². The molecule has 1 rings (SSSR count). The number of carboxylic acids is 1. The molecular formula is C12H18N2O3. The molecule has 0 aliphatic heterocycles. The van der Waals surface area contributed by atoms with Crippen LogP contribution in [0.2, 0.25) is 0 Å². The van der Waals surface area contributed by atoms with E-state index in [-0.39, 0.29) is 12.5 Å². The van der Waals surface area contributed by atoms with Crippen molar-refractivity contribution in [3.63, 3.8) is 0 Å². The summed E-state index contributed by atoms with van der Waals surface area (Å²) in [6.07, 6.45) is 8.74. The summed E-state index contributed by atoms with van der Waals surface area (Å²) in [4.78, 5) is 22.9. The van der Waals surface area contributed by atoms with Crippen molar-refractivity contribution >= 4 is 11.9 Å². The Morgan fingerprint density at radius 3 is 2.47 bits per heavy atom. The molecule has 17 heavy (non-hydrogen) atoms. The fourth-order valence-electron chi connectivity index (χ4n) is 2.11. The van der Waals surface area contributed by atoms with Gasteiger partial charge in [-0.05, 0) is 12.8 Å². The number of hydrogen-bond donors (Lipinski definition) is 3. The predicted molar refractivity (Wildman–Crippen MR) is 63.3 cm³/mol. The number of aliphatic carboxylic acids is 1. The summed E-state index contributed by atoms with van der Waals surface area (Å²) in [6.45, 7) is 0.354. The van der Waals surface area contributed by atoms with E-state index in [2.05, 4.69) is 16.6 Å². The molecule has 0 saturated heterocycles. The van der Waals surface area contributed by atoms with Crippen LogP contribution in [0.25, 0.3) is 0 Å². The fraction of sp³-hybridized carbons (Fsp3) is 0.667. The van der Waals surface area contributed by atoms with Crippen molar-refractivity contribution in [1.82, 2.24) is 10.6 Å². The zero-order valence-corrected chi connectivity index (χ0v) is 9.79. The molecule has 94 valence electrons. The monoisotopic (exact) mass is 238 g/mol. The Labute approximate surface area is 101 Å². The van der Waals surface area contributed by atoms with E-state index in [4.69, 9.17) is 6.42 Å². The highest BCUT2D eigenvalue weighted by molar-refractivity contribution is 5.88. The first-order valence-electron chi connectivity index (χ1n) is 5.79. The van der Waals surface area contributed by atoms with E-state index in [0.717, 1.165) is 19.3 Å². The van der Waals surface area contributed by atoms with E-state index in [1.807, 2.05) is 0 Å². The molecule has 0 radical (unpaired) electrons. The molecule has 0 unspecified atom stereocenters. The molecule has 1 amide bonds. The number of carbonyl (C=O) groups is 2. The molecule has 0 aromatic heterocycles. The maximum atomic E-state index is 11.6. The largest absolute Gasteiger partial charge is 0.480 e. The van der Waals surface area contributed by atoms with E-state index in [1.165, 1.54) is 0 Å². The standard InChI is InChI=1S/C12H18N2O3/c1-2-8-13-9-10(15)14-12(11(16)17)6-4-3-5-7-12/h1,13H,3-9H2,(H,14,15)(H,16,17). The summed E-state index contributed by atoms with van der Waals surface area (Å²) < 4.78 is 0. The molecule has 1 saturated carbocycles. The lowest BCUT2D eigenvalue weighted by atomic mass is 9.81. The number of rotatable bonds is 5. The highest BCUT2D eigenvalue weighted by atomic mass is 16.4. The van der Waals surface area contributed by atoms with Crippen LogP contribution >= 0.6 is 0 Å². The van der Waals surface area contributed by atoms with E-state index in [1.54, 1.807) is 0 Å². The first kappa shape index (κ1) is 13.5. The topological polar surface area (TPSA) is 78.4 Å². The first-order valence-corrected chi connectivity index (χ1v) is 5.79.